The molecule has 0 atom stereocenters. The minimum Gasteiger partial charge on any atom is -0.391 e. The molecule has 0 aliphatic heterocycles. The molecule has 0 unspecified atom stereocenters. The predicted molar refractivity (Wildman–Crippen MR) is 66.4 cm³/mol. The molecule has 15 heavy (non-hydrogen) atoms. The van der Waals surface area contributed by atoms with E-state index in [1.807, 2.05) is 23.9 Å². The van der Waals surface area contributed by atoms with Gasteiger partial charge in [-0.1, -0.05) is 23.7 Å². The summed E-state index contributed by atoms with van der Waals surface area (Å²) in [5.74, 6) is 2.15. The molecule has 0 radical (unpaired) electrons. The normalized spacial score (nSPS) is 10.5. The molecule has 0 aliphatic carbocycles. The molecule has 2 nitrogen and oxygen atoms in total. The number of quaternary nitrogens is 1. The summed E-state index contributed by atoms with van der Waals surface area (Å²) in [5.41, 5.74) is 1.31. The molecule has 0 bridgehead atoms. The SMILES string of the molecule is OCC[NH2+]CCSCc1ccc(Cl)cc1. The Labute approximate surface area is 100 Å². The Morgan fingerprint density at radius 3 is 2.60 bits per heavy atom. The molecule has 0 heterocycles. The summed E-state index contributed by atoms with van der Waals surface area (Å²) >= 11 is 7.70. The van der Waals surface area contributed by atoms with Crippen LogP contribution in [0.2, 0.25) is 5.02 Å². The van der Waals surface area contributed by atoms with Gasteiger partial charge in [-0.3, -0.25) is 0 Å². The zero-order valence-electron chi connectivity index (χ0n) is 8.66. The third-order valence-electron chi connectivity index (χ3n) is 1.98. The summed E-state index contributed by atoms with van der Waals surface area (Å²) in [6.45, 7) is 2.14. The van der Waals surface area contributed by atoms with Crippen LogP contribution in [-0.2, 0) is 5.75 Å². The Hall–Kier alpha value is -0.220. The molecule has 3 N–H and O–H groups in total. The zero-order valence-corrected chi connectivity index (χ0v) is 10.2. The van der Waals surface area contributed by atoms with Crippen LogP contribution >= 0.6 is 23.4 Å². The molecular formula is C11H17ClNOS+. The van der Waals surface area contributed by atoms with Gasteiger partial charge in [0.15, 0.2) is 0 Å². The molecule has 0 saturated heterocycles. The van der Waals surface area contributed by atoms with E-state index in [-0.39, 0.29) is 6.61 Å². The minimum atomic E-state index is 0.266. The molecule has 1 aromatic rings. The van der Waals surface area contributed by atoms with Crippen LogP contribution in [0.3, 0.4) is 0 Å². The number of halogens is 1. The van der Waals surface area contributed by atoms with E-state index in [9.17, 15) is 0 Å². The summed E-state index contributed by atoms with van der Waals surface area (Å²) in [7, 11) is 0. The number of thioether (sulfide) groups is 1. The maximum atomic E-state index is 8.58. The van der Waals surface area contributed by atoms with E-state index >= 15 is 0 Å². The zero-order chi connectivity index (χ0) is 10.9. The minimum absolute atomic E-state index is 0.266. The summed E-state index contributed by atoms with van der Waals surface area (Å²) in [6, 6.07) is 7.98. The highest BCUT2D eigenvalue weighted by atomic mass is 35.5. The van der Waals surface area contributed by atoms with Crippen molar-refractivity contribution in [3.8, 4) is 0 Å². The van der Waals surface area contributed by atoms with Crippen LogP contribution in [0.1, 0.15) is 5.56 Å². The van der Waals surface area contributed by atoms with Crippen LogP contribution in [-0.4, -0.2) is 30.6 Å². The smallest absolute Gasteiger partial charge is 0.0990 e. The fourth-order valence-electron chi connectivity index (χ4n) is 1.17. The van der Waals surface area contributed by atoms with Crippen LogP contribution in [0, 0.1) is 0 Å². The quantitative estimate of drug-likeness (QED) is 0.708. The van der Waals surface area contributed by atoms with Crippen molar-refractivity contribution >= 4 is 23.4 Å². The van der Waals surface area contributed by atoms with E-state index in [0.717, 1.165) is 29.6 Å². The number of rotatable bonds is 7. The lowest BCUT2D eigenvalue weighted by Gasteiger charge is -2.01. The summed E-state index contributed by atoms with van der Waals surface area (Å²) in [6.07, 6.45) is 0. The fourth-order valence-corrected chi connectivity index (χ4v) is 2.20. The van der Waals surface area contributed by atoms with Crippen molar-refractivity contribution in [1.29, 1.82) is 0 Å². The Morgan fingerprint density at radius 2 is 1.93 bits per heavy atom. The lowest BCUT2D eigenvalue weighted by molar-refractivity contribution is -0.651. The first-order valence-electron chi connectivity index (χ1n) is 5.07. The van der Waals surface area contributed by atoms with Crippen molar-refractivity contribution in [2.75, 3.05) is 25.4 Å². The topological polar surface area (TPSA) is 36.8 Å². The molecule has 0 aliphatic rings. The van der Waals surface area contributed by atoms with Gasteiger partial charge < -0.3 is 10.4 Å². The second-order valence-corrected chi connectivity index (χ2v) is 4.81. The number of hydrogen-bond acceptors (Lipinski definition) is 2. The average Bonchev–Trinajstić information content (AvgIpc) is 2.26. The Balaban J connectivity index is 2.07. The monoisotopic (exact) mass is 246 g/mol. The van der Waals surface area contributed by atoms with Gasteiger partial charge in [-0.05, 0) is 17.7 Å². The van der Waals surface area contributed by atoms with Crippen molar-refractivity contribution in [3.63, 3.8) is 0 Å². The van der Waals surface area contributed by atoms with E-state index in [1.54, 1.807) is 0 Å². The molecule has 0 aromatic heterocycles. The summed E-state index contributed by atoms with van der Waals surface area (Å²) in [4.78, 5) is 0. The third-order valence-corrected chi connectivity index (χ3v) is 3.30. The van der Waals surface area contributed by atoms with Crippen molar-refractivity contribution in [3.05, 3.63) is 34.9 Å². The molecule has 84 valence electrons. The predicted octanol–water partition coefficient (Wildman–Crippen LogP) is 1.13. The van der Waals surface area contributed by atoms with Crippen LogP contribution in [0.15, 0.2) is 24.3 Å². The molecule has 0 fully saturated rings. The van der Waals surface area contributed by atoms with Crippen LogP contribution in [0.5, 0.6) is 0 Å². The highest BCUT2D eigenvalue weighted by molar-refractivity contribution is 7.98. The van der Waals surface area contributed by atoms with Crippen molar-refractivity contribution in [2.45, 2.75) is 5.75 Å². The van der Waals surface area contributed by atoms with E-state index in [1.165, 1.54) is 5.56 Å². The highest BCUT2D eigenvalue weighted by Crippen LogP contribution is 2.14. The maximum absolute atomic E-state index is 8.58. The standard InChI is InChI=1S/C11H16ClNOS/c12-11-3-1-10(2-4-11)9-15-8-6-13-5-7-14/h1-4,13-14H,5-9H2/p+1. The molecular weight excluding hydrogens is 230 g/mol. The van der Waals surface area contributed by atoms with E-state index in [0.29, 0.717) is 0 Å². The third kappa shape index (κ3) is 6.05. The van der Waals surface area contributed by atoms with Crippen LogP contribution < -0.4 is 5.32 Å². The number of nitrogens with two attached hydrogens (primary N) is 1. The molecule has 0 spiro atoms. The van der Waals surface area contributed by atoms with Gasteiger partial charge in [-0.25, -0.2) is 0 Å². The number of aliphatic hydroxyl groups excluding tert-OH is 1. The first-order chi connectivity index (χ1) is 7.33. The van der Waals surface area contributed by atoms with Crippen molar-refractivity contribution < 1.29 is 10.4 Å². The number of benzene rings is 1. The van der Waals surface area contributed by atoms with E-state index in [4.69, 9.17) is 16.7 Å². The largest absolute Gasteiger partial charge is 0.391 e. The second kappa shape index (κ2) is 7.99. The second-order valence-electron chi connectivity index (χ2n) is 3.27. The Bertz CT molecular complexity index is 266. The summed E-state index contributed by atoms with van der Waals surface area (Å²) < 4.78 is 0. The average molecular weight is 247 g/mol. The van der Waals surface area contributed by atoms with Gasteiger partial charge in [-0.15, -0.1) is 0 Å². The Morgan fingerprint density at radius 1 is 1.20 bits per heavy atom. The van der Waals surface area contributed by atoms with Crippen LogP contribution in [0.4, 0.5) is 0 Å². The molecule has 0 amide bonds. The van der Waals surface area contributed by atoms with E-state index < -0.39 is 0 Å². The van der Waals surface area contributed by atoms with Gasteiger partial charge >= 0.3 is 0 Å². The lowest BCUT2D eigenvalue weighted by atomic mass is 10.2. The van der Waals surface area contributed by atoms with Gasteiger partial charge in [0.1, 0.15) is 0 Å². The van der Waals surface area contributed by atoms with Gasteiger partial charge in [0.25, 0.3) is 0 Å². The van der Waals surface area contributed by atoms with E-state index in [2.05, 4.69) is 17.4 Å². The van der Waals surface area contributed by atoms with Gasteiger partial charge in [0.2, 0.25) is 0 Å². The number of aliphatic hydroxyl groups is 1. The first-order valence-corrected chi connectivity index (χ1v) is 6.61. The van der Waals surface area contributed by atoms with Crippen LogP contribution in [0.25, 0.3) is 0 Å². The van der Waals surface area contributed by atoms with Crippen molar-refractivity contribution in [1.82, 2.24) is 0 Å². The molecule has 0 saturated carbocycles. The van der Waals surface area contributed by atoms with Gasteiger partial charge in [0, 0.05) is 16.5 Å². The molecule has 1 rings (SSSR count). The fraction of sp³-hybridized carbons (Fsp3) is 0.455. The molecule has 1 aromatic carbocycles. The highest BCUT2D eigenvalue weighted by Gasteiger charge is 1.95. The van der Waals surface area contributed by atoms with Crippen molar-refractivity contribution in [2.24, 2.45) is 0 Å². The first kappa shape index (κ1) is 12.8. The summed E-state index contributed by atoms with van der Waals surface area (Å²) in [5, 5.41) is 11.5. The molecule has 4 heteroatoms. The van der Waals surface area contributed by atoms with Gasteiger partial charge in [-0.2, -0.15) is 11.8 Å². The maximum Gasteiger partial charge on any atom is 0.0990 e. The Kier molecular flexibility index (Phi) is 6.85. The lowest BCUT2D eigenvalue weighted by Crippen LogP contribution is -2.85. The van der Waals surface area contributed by atoms with Gasteiger partial charge in [0.05, 0.1) is 19.7 Å². The number of hydrogen-bond donors (Lipinski definition) is 2.